The van der Waals surface area contributed by atoms with Crippen LogP contribution in [0.15, 0.2) is 72.2 Å². The first-order valence-electron chi connectivity index (χ1n) is 7.19. The lowest BCUT2D eigenvalue weighted by molar-refractivity contribution is -0.652. The summed E-state index contributed by atoms with van der Waals surface area (Å²) >= 11 is 1.67. The minimum Gasteiger partial charge on any atom is -0.287 e. The fourth-order valence-electron chi connectivity index (χ4n) is 2.80. The van der Waals surface area contributed by atoms with Gasteiger partial charge in [-0.05, 0) is 16.8 Å². The number of rotatable bonds is 3. The van der Waals surface area contributed by atoms with Crippen molar-refractivity contribution in [3.05, 3.63) is 77.8 Å². The van der Waals surface area contributed by atoms with Gasteiger partial charge in [-0.15, -0.1) is 17.0 Å². The average molecular weight is 385 g/mol. The third kappa shape index (κ3) is 2.92. The van der Waals surface area contributed by atoms with Crippen molar-refractivity contribution < 1.29 is 9.36 Å². The number of carbonyl (C=O) groups excluding carboxylic acids is 1. The number of fused-ring (bicyclic) bond motifs is 2. The van der Waals surface area contributed by atoms with Gasteiger partial charge in [0.15, 0.2) is 0 Å². The maximum absolute atomic E-state index is 12.8. The molecular formula is C19H15BrNOS+. The second kappa shape index (κ2) is 6.60. The monoisotopic (exact) mass is 384 g/mol. The third-order valence-electron chi connectivity index (χ3n) is 3.89. The first-order chi connectivity index (χ1) is 10.8. The zero-order chi connectivity index (χ0) is 14.9. The second-order valence-corrected chi connectivity index (χ2v) is 6.16. The van der Waals surface area contributed by atoms with Crippen molar-refractivity contribution in [3.8, 4) is 0 Å². The number of ketones is 1. The number of benzene rings is 3. The number of nitrogens with zero attached hydrogens (tertiary/aromatic N) is 1. The molecule has 0 fully saturated rings. The van der Waals surface area contributed by atoms with Crippen molar-refractivity contribution in [2.24, 2.45) is 0 Å². The molecule has 0 radical (unpaired) electrons. The summed E-state index contributed by atoms with van der Waals surface area (Å²) in [5, 5.41) is 2.13. The molecule has 0 aliphatic rings. The minimum absolute atomic E-state index is 0. The number of hydrogen-bond donors (Lipinski definition) is 0. The van der Waals surface area contributed by atoms with Gasteiger partial charge in [-0.3, -0.25) is 4.79 Å². The van der Waals surface area contributed by atoms with Crippen molar-refractivity contribution in [3.63, 3.8) is 0 Å². The molecule has 0 aliphatic heterocycles. The van der Waals surface area contributed by atoms with Crippen LogP contribution < -0.4 is 4.57 Å². The van der Waals surface area contributed by atoms with Crippen LogP contribution in [0.2, 0.25) is 0 Å². The number of thiazole rings is 1. The highest BCUT2D eigenvalue weighted by Gasteiger charge is 2.18. The van der Waals surface area contributed by atoms with Crippen molar-refractivity contribution in [2.45, 2.75) is 6.54 Å². The van der Waals surface area contributed by atoms with Gasteiger partial charge >= 0.3 is 0 Å². The fraction of sp³-hybridized carbons (Fsp3) is 0.0526. The summed E-state index contributed by atoms with van der Waals surface area (Å²) in [5.41, 5.74) is 3.93. The Morgan fingerprint density at radius 3 is 2.57 bits per heavy atom. The molecule has 4 heteroatoms. The van der Waals surface area contributed by atoms with Crippen LogP contribution in [-0.4, -0.2) is 5.78 Å². The lowest BCUT2D eigenvalue weighted by atomic mass is 10.0. The Hall–Kier alpha value is -2.04. The molecule has 2 nitrogen and oxygen atoms in total. The quantitative estimate of drug-likeness (QED) is 0.367. The maximum atomic E-state index is 12.8. The van der Waals surface area contributed by atoms with Gasteiger partial charge in [-0.25, -0.2) is 0 Å². The van der Waals surface area contributed by atoms with E-state index in [2.05, 4.69) is 12.1 Å². The van der Waals surface area contributed by atoms with E-state index in [9.17, 15) is 4.79 Å². The Morgan fingerprint density at radius 2 is 1.65 bits per heavy atom. The number of para-hydroxylation sites is 1. The molecule has 0 unspecified atom stereocenters. The first-order valence-corrected chi connectivity index (χ1v) is 8.07. The smallest absolute Gasteiger partial charge is 0.228 e. The van der Waals surface area contributed by atoms with Crippen LogP contribution in [0.3, 0.4) is 0 Å². The highest BCUT2D eigenvalue weighted by atomic mass is 79.9. The van der Waals surface area contributed by atoms with E-state index in [4.69, 9.17) is 0 Å². The van der Waals surface area contributed by atoms with E-state index in [1.165, 1.54) is 4.70 Å². The zero-order valence-electron chi connectivity index (χ0n) is 12.3. The van der Waals surface area contributed by atoms with Gasteiger partial charge in [0.25, 0.3) is 0 Å². The Balaban J connectivity index is 0.00000156. The van der Waals surface area contributed by atoms with Crippen LogP contribution in [0.4, 0.5) is 0 Å². The predicted octanol–water partition coefficient (Wildman–Crippen LogP) is 4.80. The Bertz CT molecular complexity index is 987. The summed E-state index contributed by atoms with van der Waals surface area (Å²) in [5.74, 6) is 0.144. The van der Waals surface area contributed by atoms with Gasteiger partial charge < -0.3 is 0 Å². The molecule has 114 valence electrons. The number of hydrogen-bond acceptors (Lipinski definition) is 2. The molecule has 0 N–H and O–H groups in total. The van der Waals surface area contributed by atoms with E-state index in [-0.39, 0.29) is 22.8 Å². The average Bonchev–Trinajstić information content (AvgIpc) is 2.97. The van der Waals surface area contributed by atoms with Gasteiger partial charge in [-0.1, -0.05) is 65.9 Å². The van der Waals surface area contributed by atoms with E-state index >= 15 is 0 Å². The van der Waals surface area contributed by atoms with E-state index in [1.807, 2.05) is 64.7 Å². The minimum atomic E-state index is 0. The van der Waals surface area contributed by atoms with Gasteiger partial charge in [0.05, 0.1) is 0 Å². The highest BCUT2D eigenvalue weighted by Crippen LogP contribution is 2.20. The highest BCUT2D eigenvalue weighted by molar-refractivity contribution is 8.93. The van der Waals surface area contributed by atoms with Gasteiger partial charge in [0, 0.05) is 11.6 Å². The molecule has 0 saturated carbocycles. The summed E-state index contributed by atoms with van der Waals surface area (Å²) in [7, 11) is 0. The lowest BCUT2D eigenvalue weighted by Crippen LogP contribution is -2.36. The molecule has 23 heavy (non-hydrogen) atoms. The van der Waals surface area contributed by atoms with Crippen LogP contribution in [0.5, 0.6) is 0 Å². The molecule has 0 spiro atoms. The van der Waals surface area contributed by atoms with E-state index in [0.717, 1.165) is 21.9 Å². The molecule has 0 saturated heterocycles. The molecule has 3 aromatic carbocycles. The molecule has 0 aliphatic carbocycles. The van der Waals surface area contributed by atoms with Gasteiger partial charge in [0.2, 0.25) is 23.4 Å². The van der Waals surface area contributed by atoms with E-state index < -0.39 is 0 Å². The van der Waals surface area contributed by atoms with Gasteiger partial charge in [0.1, 0.15) is 4.70 Å². The fourth-order valence-corrected chi connectivity index (χ4v) is 3.69. The molecule has 1 aromatic heterocycles. The standard InChI is InChI=1S/C19H14NOS.BrH/c21-18(12-20-13-22-19-11-4-3-10-17(19)20)16-9-5-7-14-6-1-2-8-15(14)16;/h1-11,13H,12H2;1H/q+1;. The van der Waals surface area contributed by atoms with Gasteiger partial charge in [-0.2, -0.15) is 4.57 Å². The Morgan fingerprint density at radius 1 is 0.913 bits per heavy atom. The molecule has 0 amide bonds. The summed E-state index contributed by atoms with van der Waals surface area (Å²) in [6, 6.07) is 22.1. The first kappa shape index (κ1) is 15.8. The van der Waals surface area contributed by atoms with Crippen LogP contribution in [0.25, 0.3) is 21.0 Å². The van der Waals surface area contributed by atoms with Crippen molar-refractivity contribution in [1.29, 1.82) is 0 Å². The van der Waals surface area contributed by atoms with Crippen LogP contribution in [0, 0.1) is 0 Å². The topological polar surface area (TPSA) is 20.9 Å². The van der Waals surface area contributed by atoms with Crippen LogP contribution >= 0.6 is 28.3 Å². The number of halogens is 1. The maximum Gasteiger partial charge on any atom is 0.228 e. The molecule has 0 atom stereocenters. The molecule has 1 heterocycles. The summed E-state index contributed by atoms with van der Waals surface area (Å²) in [6.45, 7) is 0.373. The largest absolute Gasteiger partial charge is 0.287 e. The molecule has 4 rings (SSSR count). The second-order valence-electron chi connectivity index (χ2n) is 5.27. The van der Waals surface area contributed by atoms with Crippen LogP contribution in [0.1, 0.15) is 10.4 Å². The normalized spacial score (nSPS) is 10.6. The summed E-state index contributed by atoms with van der Waals surface area (Å²) in [6.07, 6.45) is 0. The van der Waals surface area contributed by atoms with E-state index in [0.29, 0.717) is 6.54 Å². The molecule has 4 aromatic rings. The van der Waals surface area contributed by atoms with Crippen LogP contribution in [-0.2, 0) is 6.54 Å². The SMILES string of the molecule is Br.O=C(C[n+]1csc2ccccc21)c1cccc2ccccc12. The Kier molecular flexibility index (Phi) is 4.55. The Labute approximate surface area is 148 Å². The lowest BCUT2D eigenvalue weighted by Gasteiger charge is -2.03. The summed E-state index contributed by atoms with van der Waals surface area (Å²) in [4.78, 5) is 12.8. The third-order valence-corrected chi connectivity index (χ3v) is 4.84. The predicted molar refractivity (Wildman–Crippen MR) is 101 cm³/mol. The van der Waals surface area contributed by atoms with Crippen molar-refractivity contribution >= 4 is 55.1 Å². The molecule has 0 bridgehead atoms. The number of Topliss-reactive ketones (excluding diaryl/α,β-unsaturated/α-hetero) is 1. The van der Waals surface area contributed by atoms with E-state index in [1.54, 1.807) is 11.3 Å². The number of carbonyl (C=O) groups is 1. The zero-order valence-corrected chi connectivity index (χ0v) is 14.8. The summed E-state index contributed by atoms with van der Waals surface area (Å²) < 4.78 is 3.23. The molecular weight excluding hydrogens is 370 g/mol. The number of aromatic nitrogens is 1. The van der Waals surface area contributed by atoms with Crippen molar-refractivity contribution in [2.75, 3.05) is 0 Å². The van der Waals surface area contributed by atoms with Crippen molar-refractivity contribution in [1.82, 2.24) is 0 Å².